The summed E-state index contributed by atoms with van der Waals surface area (Å²) in [5, 5.41) is 9.01. The normalized spacial score (nSPS) is 16.3. The Bertz CT molecular complexity index is 455. The first-order valence-corrected chi connectivity index (χ1v) is 7.72. The largest absolute Gasteiger partial charge is 0.478 e. The summed E-state index contributed by atoms with van der Waals surface area (Å²) in [7, 11) is 0. The van der Waals surface area contributed by atoms with Gasteiger partial charge in [-0.3, -0.25) is 0 Å². The van der Waals surface area contributed by atoms with E-state index in [1.54, 1.807) is 12.1 Å². The van der Waals surface area contributed by atoms with Crippen molar-refractivity contribution in [3.8, 4) is 0 Å². The van der Waals surface area contributed by atoms with Gasteiger partial charge in [0.25, 0.3) is 0 Å². The van der Waals surface area contributed by atoms with Crippen molar-refractivity contribution in [3.63, 3.8) is 0 Å². The summed E-state index contributed by atoms with van der Waals surface area (Å²) < 4.78 is 0.875. The Balaban J connectivity index is 2.24. The van der Waals surface area contributed by atoms with Gasteiger partial charge in [-0.05, 0) is 53.9 Å². The molecule has 1 aliphatic carbocycles. The van der Waals surface area contributed by atoms with Crippen LogP contribution in [0, 0.1) is 0 Å². The topological polar surface area (TPSA) is 40.5 Å². The highest BCUT2D eigenvalue weighted by Gasteiger charge is 2.22. The lowest BCUT2D eigenvalue weighted by Crippen LogP contribution is -2.36. The molecule has 104 valence electrons. The van der Waals surface area contributed by atoms with E-state index >= 15 is 0 Å². The summed E-state index contributed by atoms with van der Waals surface area (Å²) in [4.78, 5) is 13.4. The Kier molecular flexibility index (Phi) is 4.86. The second-order valence-corrected chi connectivity index (χ2v) is 5.90. The molecule has 4 heteroatoms. The van der Waals surface area contributed by atoms with Gasteiger partial charge in [0.1, 0.15) is 0 Å². The van der Waals surface area contributed by atoms with Crippen LogP contribution in [0.3, 0.4) is 0 Å². The third kappa shape index (κ3) is 3.30. The van der Waals surface area contributed by atoms with Crippen LogP contribution < -0.4 is 4.90 Å². The summed E-state index contributed by atoms with van der Waals surface area (Å²) in [5.41, 5.74) is 1.44. The molecule has 0 spiro atoms. The predicted molar refractivity (Wildman–Crippen MR) is 81.0 cm³/mol. The number of hydrogen-bond acceptors (Lipinski definition) is 2. The van der Waals surface area contributed by atoms with Crippen molar-refractivity contribution in [1.82, 2.24) is 0 Å². The first kappa shape index (κ1) is 14.4. The van der Waals surface area contributed by atoms with Gasteiger partial charge in [0.05, 0.1) is 11.3 Å². The number of carboxylic acids is 1. The van der Waals surface area contributed by atoms with Gasteiger partial charge in [0.2, 0.25) is 0 Å². The van der Waals surface area contributed by atoms with Crippen LogP contribution in [0.25, 0.3) is 0 Å². The zero-order chi connectivity index (χ0) is 13.8. The molecule has 0 radical (unpaired) electrons. The molecule has 1 saturated carbocycles. The van der Waals surface area contributed by atoms with E-state index < -0.39 is 5.97 Å². The molecule has 0 amide bonds. The first-order chi connectivity index (χ1) is 9.13. The van der Waals surface area contributed by atoms with Gasteiger partial charge in [-0.15, -0.1) is 0 Å². The van der Waals surface area contributed by atoms with Crippen LogP contribution in [0.5, 0.6) is 0 Å². The van der Waals surface area contributed by atoms with Crippen molar-refractivity contribution in [1.29, 1.82) is 0 Å². The molecule has 1 N–H and O–H groups in total. The highest BCUT2D eigenvalue weighted by atomic mass is 79.9. The summed E-state index contributed by atoms with van der Waals surface area (Å²) in [5.74, 6) is -0.882. The summed E-state index contributed by atoms with van der Waals surface area (Å²) in [6.07, 6.45) is 6.41. The van der Waals surface area contributed by atoms with E-state index in [1.165, 1.54) is 32.1 Å². The van der Waals surface area contributed by atoms with Gasteiger partial charge in [-0.2, -0.15) is 0 Å². The van der Waals surface area contributed by atoms with E-state index in [0.717, 1.165) is 16.7 Å². The van der Waals surface area contributed by atoms with E-state index in [0.29, 0.717) is 11.6 Å². The molecule has 3 nitrogen and oxygen atoms in total. The summed E-state index contributed by atoms with van der Waals surface area (Å²) in [6, 6.07) is 5.90. The maximum Gasteiger partial charge on any atom is 0.335 e. The lowest BCUT2D eigenvalue weighted by molar-refractivity contribution is 0.0697. The molecule has 0 atom stereocenters. The number of rotatable bonds is 4. The lowest BCUT2D eigenvalue weighted by atomic mass is 9.93. The molecule has 19 heavy (non-hydrogen) atoms. The number of aromatic carboxylic acids is 1. The highest BCUT2D eigenvalue weighted by Crippen LogP contribution is 2.32. The molecule has 0 aliphatic heterocycles. The minimum absolute atomic E-state index is 0.329. The predicted octanol–water partition coefficient (Wildman–Crippen LogP) is 4.31. The van der Waals surface area contributed by atoms with Crippen molar-refractivity contribution in [2.24, 2.45) is 0 Å². The zero-order valence-corrected chi connectivity index (χ0v) is 12.8. The van der Waals surface area contributed by atoms with Crippen molar-refractivity contribution >= 4 is 27.6 Å². The smallest absolute Gasteiger partial charge is 0.335 e. The Labute approximate surface area is 122 Å². The van der Waals surface area contributed by atoms with Gasteiger partial charge in [-0.25, -0.2) is 4.79 Å². The molecular formula is C15H20BrNO2. The molecule has 1 aromatic rings. The van der Waals surface area contributed by atoms with Crippen LogP contribution in [-0.4, -0.2) is 23.7 Å². The average molecular weight is 326 g/mol. The number of carboxylic acid groups (broad SMARTS) is 1. The molecule has 1 fully saturated rings. The quantitative estimate of drug-likeness (QED) is 0.896. The third-order valence-corrected chi connectivity index (χ3v) is 4.50. The summed E-state index contributed by atoms with van der Waals surface area (Å²) in [6.45, 7) is 3.11. The van der Waals surface area contributed by atoms with Crippen LogP contribution in [0.15, 0.2) is 22.7 Å². The number of benzene rings is 1. The van der Waals surface area contributed by atoms with Crippen molar-refractivity contribution in [3.05, 3.63) is 28.2 Å². The molecule has 0 heterocycles. The first-order valence-electron chi connectivity index (χ1n) is 6.93. The molecular weight excluding hydrogens is 306 g/mol. The van der Waals surface area contributed by atoms with Crippen LogP contribution in [-0.2, 0) is 0 Å². The number of anilines is 1. The maximum atomic E-state index is 11.0. The number of halogens is 1. The fourth-order valence-corrected chi connectivity index (χ4v) is 3.50. The Hall–Kier alpha value is -1.03. The van der Waals surface area contributed by atoms with Crippen molar-refractivity contribution in [2.75, 3.05) is 11.4 Å². The zero-order valence-electron chi connectivity index (χ0n) is 11.2. The number of carbonyl (C=O) groups is 1. The molecule has 0 aromatic heterocycles. The second kappa shape index (κ2) is 6.42. The maximum absolute atomic E-state index is 11.0. The minimum Gasteiger partial charge on any atom is -0.478 e. The molecule has 1 aliphatic rings. The minimum atomic E-state index is -0.882. The number of nitrogens with zero attached hydrogens (tertiary/aromatic N) is 1. The van der Waals surface area contributed by atoms with E-state index in [4.69, 9.17) is 5.11 Å². The molecule has 0 bridgehead atoms. The SMILES string of the molecule is CCN(c1ccc(C(=O)O)cc1Br)C1CCCCC1. The average Bonchev–Trinajstić information content (AvgIpc) is 2.42. The lowest BCUT2D eigenvalue weighted by Gasteiger charge is -2.36. The van der Waals surface area contributed by atoms with E-state index in [2.05, 4.69) is 27.8 Å². The highest BCUT2D eigenvalue weighted by molar-refractivity contribution is 9.10. The Morgan fingerprint density at radius 1 is 1.37 bits per heavy atom. The molecule has 1 aromatic carbocycles. The van der Waals surface area contributed by atoms with Gasteiger partial charge < -0.3 is 10.0 Å². The Morgan fingerprint density at radius 3 is 2.58 bits per heavy atom. The fraction of sp³-hybridized carbons (Fsp3) is 0.533. The number of hydrogen-bond donors (Lipinski definition) is 1. The fourth-order valence-electron chi connectivity index (χ4n) is 2.89. The van der Waals surface area contributed by atoms with Gasteiger partial charge in [0.15, 0.2) is 0 Å². The standard InChI is InChI=1S/C15H20BrNO2/c1-2-17(12-6-4-3-5-7-12)14-9-8-11(15(18)19)10-13(14)16/h8-10,12H,2-7H2,1H3,(H,18,19). The molecule has 2 rings (SSSR count). The van der Waals surface area contributed by atoms with Crippen LogP contribution in [0.1, 0.15) is 49.4 Å². The molecule has 0 saturated heterocycles. The summed E-state index contributed by atoms with van der Waals surface area (Å²) >= 11 is 3.52. The van der Waals surface area contributed by atoms with Crippen molar-refractivity contribution in [2.45, 2.75) is 45.1 Å². The van der Waals surface area contributed by atoms with E-state index in [-0.39, 0.29) is 0 Å². The molecule has 0 unspecified atom stereocenters. The van der Waals surface area contributed by atoms with Gasteiger partial charge >= 0.3 is 5.97 Å². The monoisotopic (exact) mass is 325 g/mol. The van der Waals surface area contributed by atoms with Crippen LogP contribution in [0.2, 0.25) is 0 Å². The van der Waals surface area contributed by atoms with E-state index in [9.17, 15) is 4.79 Å². The second-order valence-electron chi connectivity index (χ2n) is 5.05. The Morgan fingerprint density at radius 2 is 2.05 bits per heavy atom. The van der Waals surface area contributed by atoms with E-state index in [1.807, 2.05) is 6.07 Å². The van der Waals surface area contributed by atoms with Gasteiger partial charge in [0, 0.05) is 17.1 Å². The van der Waals surface area contributed by atoms with Gasteiger partial charge in [-0.1, -0.05) is 19.3 Å². The van der Waals surface area contributed by atoms with Crippen LogP contribution >= 0.6 is 15.9 Å². The third-order valence-electron chi connectivity index (χ3n) is 3.86. The van der Waals surface area contributed by atoms with Crippen molar-refractivity contribution < 1.29 is 9.90 Å². The van der Waals surface area contributed by atoms with Crippen LogP contribution in [0.4, 0.5) is 5.69 Å².